The largest absolute Gasteiger partial charge is 0.497 e. The molecule has 2 heterocycles. The molecule has 3 rings (SSSR count). The number of hydrogen-bond donors (Lipinski definition) is 0. The lowest BCUT2D eigenvalue weighted by Crippen LogP contribution is -2.41. The average Bonchev–Trinajstić information content (AvgIpc) is 3.15. The van der Waals surface area contributed by atoms with E-state index in [2.05, 4.69) is 5.10 Å². The smallest absolute Gasteiger partial charge is 0.307 e. The van der Waals surface area contributed by atoms with Crippen molar-refractivity contribution in [1.82, 2.24) is 19.6 Å². The van der Waals surface area contributed by atoms with Gasteiger partial charge in [-0.1, -0.05) is 12.1 Å². The summed E-state index contributed by atoms with van der Waals surface area (Å²) in [6.07, 6.45) is 1.38. The van der Waals surface area contributed by atoms with Crippen LogP contribution in [0.15, 0.2) is 36.5 Å². The van der Waals surface area contributed by atoms with Gasteiger partial charge in [-0.2, -0.15) is 5.10 Å². The average molecular weight is 459 g/mol. The van der Waals surface area contributed by atoms with Gasteiger partial charge in [0.1, 0.15) is 12.3 Å². The predicted molar refractivity (Wildman–Crippen MR) is 118 cm³/mol. The molecule has 1 saturated heterocycles. The zero-order valence-electron chi connectivity index (χ0n) is 19.2. The highest BCUT2D eigenvalue weighted by atomic mass is 16.5. The van der Waals surface area contributed by atoms with Gasteiger partial charge in [0, 0.05) is 25.8 Å². The molecule has 0 radical (unpaired) electrons. The van der Waals surface area contributed by atoms with Crippen molar-refractivity contribution >= 4 is 17.8 Å². The quantitative estimate of drug-likeness (QED) is 0.517. The van der Waals surface area contributed by atoms with Gasteiger partial charge in [0.2, 0.25) is 11.8 Å². The van der Waals surface area contributed by atoms with E-state index in [1.165, 1.54) is 12.0 Å². The molecule has 0 saturated carbocycles. The fourth-order valence-electron chi connectivity index (χ4n) is 3.58. The third kappa shape index (κ3) is 7.04. The minimum atomic E-state index is -0.427. The Morgan fingerprint density at radius 3 is 2.70 bits per heavy atom. The van der Waals surface area contributed by atoms with Crippen LogP contribution >= 0.6 is 0 Å². The van der Waals surface area contributed by atoms with Crippen LogP contribution < -0.4 is 4.74 Å². The van der Waals surface area contributed by atoms with Gasteiger partial charge in [-0.05, 0) is 30.7 Å². The van der Waals surface area contributed by atoms with Crippen LogP contribution in [0, 0.1) is 6.92 Å². The van der Waals surface area contributed by atoms with Gasteiger partial charge in [0.15, 0.2) is 0 Å². The van der Waals surface area contributed by atoms with Crippen molar-refractivity contribution in [2.75, 3.05) is 40.4 Å². The molecule has 1 aromatic carbocycles. The minimum Gasteiger partial charge on any atom is -0.497 e. The summed E-state index contributed by atoms with van der Waals surface area (Å²) in [7, 11) is 2.91. The summed E-state index contributed by atoms with van der Waals surface area (Å²) < 4.78 is 17.6. The summed E-state index contributed by atoms with van der Waals surface area (Å²) in [4.78, 5) is 40.5. The number of benzene rings is 1. The van der Waals surface area contributed by atoms with Crippen LogP contribution in [0.1, 0.15) is 17.7 Å². The van der Waals surface area contributed by atoms with Crippen molar-refractivity contribution in [3.63, 3.8) is 0 Å². The Bertz CT molecular complexity index is 975. The number of methoxy groups -OCH3 is 2. The summed E-state index contributed by atoms with van der Waals surface area (Å²) in [5.74, 6) is -0.145. The van der Waals surface area contributed by atoms with Crippen molar-refractivity contribution < 1.29 is 28.6 Å². The summed E-state index contributed by atoms with van der Waals surface area (Å²) in [5, 5.41) is 4.25. The van der Waals surface area contributed by atoms with Gasteiger partial charge in [-0.3, -0.25) is 19.1 Å². The zero-order chi connectivity index (χ0) is 23.8. The lowest BCUT2D eigenvalue weighted by Gasteiger charge is -2.24. The van der Waals surface area contributed by atoms with E-state index in [1.807, 2.05) is 37.3 Å². The molecule has 2 aromatic rings. The van der Waals surface area contributed by atoms with Crippen LogP contribution in [-0.4, -0.2) is 83.9 Å². The van der Waals surface area contributed by atoms with Crippen LogP contribution in [0.25, 0.3) is 0 Å². The maximum Gasteiger partial charge on any atom is 0.307 e. The Labute approximate surface area is 193 Å². The van der Waals surface area contributed by atoms with Crippen molar-refractivity contribution in [3.8, 4) is 5.75 Å². The highest BCUT2D eigenvalue weighted by Gasteiger charge is 2.31. The van der Waals surface area contributed by atoms with Gasteiger partial charge < -0.3 is 24.0 Å². The van der Waals surface area contributed by atoms with Gasteiger partial charge in [-0.25, -0.2) is 0 Å². The molecular weight excluding hydrogens is 428 g/mol. The van der Waals surface area contributed by atoms with Crippen molar-refractivity contribution in [1.29, 1.82) is 0 Å². The first-order valence-corrected chi connectivity index (χ1v) is 10.7. The Morgan fingerprint density at radius 1 is 1.18 bits per heavy atom. The number of ether oxygens (including phenoxy) is 3. The predicted octanol–water partition coefficient (Wildman–Crippen LogP) is 1.02. The third-order valence-corrected chi connectivity index (χ3v) is 5.38. The molecule has 0 bridgehead atoms. The summed E-state index contributed by atoms with van der Waals surface area (Å²) >= 11 is 0. The minimum absolute atomic E-state index is 0.0336. The number of carbonyl (C=O) groups excluding carboxylic acids is 3. The number of aromatic nitrogens is 2. The van der Waals surface area contributed by atoms with E-state index in [-0.39, 0.29) is 51.0 Å². The first kappa shape index (κ1) is 24.2. The first-order chi connectivity index (χ1) is 15.9. The number of carbonyl (C=O) groups is 3. The maximum atomic E-state index is 12.9. The molecule has 10 nitrogen and oxygen atoms in total. The molecule has 178 valence electrons. The molecule has 10 heteroatoms. The summed E-state index contributed by atoms with van der Waals surface area (Å²) in [6.45, 7) is 2.81. The van der Waals surface area contributed by atoms with Crippen molar-refractivity contribution in [2.45, 2.75) is 32.6 Å². The molecule has 1 aliphatic heterocycles. The standard InChI is InChI=1S/C23H30N4O6/c1-17-7-10-27(24-17)15-22(29)26-13-20(33-16-18-5-4-6-19(11-18)31-2)12-25(21(28)14-26)9-8-23(30)32-3/h4-7,10-11,20H,8-9,12-16H2,1-3H3/t20-/m0/s1. The van der Waals surface area contributed by atoms with E-state index in [0.29, 0.717) is 6.61 Å². The number of amides is 2. The molecule has 0 aliphatic carbocycles. The van der Waals surface area contributed by atoms with Gasteiger partial charge in [0.25, 0.3) is 0 Å². The van der Waals surface area contributed by atoms with Crippen LogP contribution in [0.3, 0.4) is 0 Å². The van der Waals surface area contributed by atoms with E-state index in [9.17, 15) is 14.4 Å². The molecule has 0 spiro atoms. The highest BCUT2D eigenvalue weighted by Crippen LogP contribution is 2.16. The van der Waals surface area contributed by atoms with E-state index >= 15 is 0 Å². The lowest BCUT2D eigenvalue weighted by atomic mass is 10.2. The number of esters is 1. The van der Waals surface area contributed by atoms with Gasteiger partial charge in [0.05, 0.1) is 45.6 Å². The van der Waals surface area contributed by atoms with Crippen molar-refractivity contribution in [3.05, 3.63) is 47.8 Å². The zero-order valence-corrected chi connectivity index (χ0v) is 19.2. The molecular formula is C23H30N4O6. The second kappa shape index (κ2) is 11.5. The van der Waals surface area contributed by atoms with E-state index in [0.717, 1.165) is 17.0 Å². The van der Waals surface area contributed by atoms with E-state index in [4.69, 9.17) is 14.2 Å². The fourth-order valence-corrected chi connectivity index (χ4v) is 3.58. The van der Waals surface area contributed by atoms with Gasteiger partial charge in [-0.15, -0.1) is 0 Å². The lowest BCUT2D eigenvalue weighted by molar-refractivity contribution is -0.143. The number of hydrogen-bond acceptors (Lipinski definition) is 7. The van der Waals surface area contributed by atoms with E-state index < -0.39 is 12.1 Å². The monoisotopic (exact) mass is 458 g/mol. The third-order valence-electron chi connectivity index (χ3n) is 5.38. The topological polar surface area (TPSA) is 103 Å². The number of rotatable bonds is 9. The van der Waals surface area contributed by atoms with Crippen molar-refractivity contribution in [2.24, 2.45) is 0 Å². The second-order valence-corrected chi connectivity index (χ2v) is 7.88. The normalized spacial score (nSPS) is 16.5. The fraction of sp³-hybridized carbons (Fsp3) is 0.478. The maximum absolute atomic E-state index is 12.9. The van der Waals surface area contributed by atoms with Crippen LogP contribution in [0.5, 0.6) is 5.75 Å². The number of aryl methyl sites for hydroxylation is 1. The van der Waals surface area contributed by atoms with Crippen LogP contribution in [0.4, 0.5) is 0 Å². The molecule has 2 amide bonds. The molecule has 1 aliphatic rings. The Morgan fingerprint density at radius 2 is 2.00 bits per heavy atom. The first-order valence-electron chi connectivity index (χ1n) is 10.7. The second-order valence-electron chi connectivity index (χ2n) is 7.88. The Hall–Kier alpha value is -3.40. The molecule has 1 aromatic heterocycles. The van der Waals surface area contributed by atoms with Gasteiger partial charge >= 0.3 is 5.97 Å². The molecule has 0 unspecified atom stereocenters. The summed E-state index contributed by atoms with van der Waals surface area (Å²) in [5.41, 5.74) is 1.72. The Kier molecular flexibility index (Phi) is 8.42. The highest BCUT2D eigenvalue weighted by molar-refractivity contribution is 5.85. The number of nitrogens with zero attached hydrogens (tertiary/aromatic N) is 4. The van der Waals surface area contributed by atoms with Crippen LogP contribution in [0.2, 0.25) is 0 Å². The molecule has 33 heavy (non-hydrogen) atoms. The van der Waals surface area contributed by atoms with E-state index in [1.54, 1.807) is 22.9 Å². The molecule has 1 atom stereocenters. The molecule has 1 fully saturated rings. The SMILES string of the molecule is COC(=O)CCN1C[C@H](OCc2cccc(OC)c2)CN(C(=O)Cn2ccc(C)n2)CC1=O. The molecule has 0 N–H and O–H groups in total. The Balaban J connectivity index is 1.71. The van der Waals surface area contributed by atoms with Crippen LogP contribution in [-0.2, 0) is 37.0 Å². The summed E-state index contributed by atoms with van der Waals surface area (Å²) in [6, 6.07) is 9.33.